The standard InChI is InChI=1S/C21H36O4S/c1-2-3-4-5-6-7-8-9-10-11-12-13-14-15-19-18-20(22)16-17-21(19)26(23,24)25/h16-18,22H,2-15H2,1H3,(H,23,24,25). The van der Waals surface area contributed by atoms with E-state index < -0.39 is 10.1 Å². The van der Waals surface area contributed by atoms with Crippen LogP contribution >= 0.6 is 0 Å². The Hall–Kier alpha value is -1.07. The first-order valence-electron chi connectivity index (χ1n) is 10.2. The van der Waals surface area contributed by atoms with E-state index in [1.54, 1.807) is 0 Å². The zero-order chi connectivity index (χ0) is 19.3. The predicted octanol–water partition coefficient (Wildman–Crippen LogP) is 6.27. The van der Waals surface area contributed by atoms with Crippen molar-refractivity contribution in [3.8, 4) is 5.75 Å². The van der Waals surface area contributed by atoms with Crippen molar-refractivity contribution in [3.63, 3.8) is 0 Å². The van der Waals surface area contributed by atoms with Gasteiger partial charge in [-0.15, -0.1) is 0 Å². The van der Waals surface area contributed by atoms with Crippen LogP contribution in [-0.2, 0) is 16.5 Å². The zero-order valence-electron chi connectivity index (χ0n) is 16.3. The van der Waals surface area contributed by atoms with E-state index in [-0.39, 0.29) is 10.6 Å². The summed E-state index contributed by atoms with van der Waals surface area (Å²) in [4.78, 5) is -0.0887. The summed E-state index contributed by atoms with van der Waals surface area (Å²) < 4.78 is 32.0. The first-order chi connectivity index (χ1) is 12.4. The maximum atomic E-state index is 11.4. The van der Waals surface area contributed by atoms with E-state index in [9.17, 15) is 18.1 Å². The van der Waals surface area contributed by atoms with Gasteiger partial charge in [-0.25, -0.2) is 0 Å². The number of rotatable bonds is 15. The summed E-state index contributed by atoms with van der Waals surface area (Å²) in [5.41, 5.74) is 0.496. The molecule has 0 spiro atoms. The van der Waals surface area contributed by atoms with E-state index in [4.69, 9.17) is 0 Å². The summed E-state index contributed by atoms with van der Waals surface area (Å²) in [5.74, 6) is 0.0297. The Kier molecular flexibility index (Phi) is 11.6. The predicted molar refractivity (Wildman–Crippen MR) is 107 cm³/mol. The Morgan fingerprint density at radius 1 is 0.769 bits per heavy atom. The Labute approximate surface area is 159 Å². The van der Waals surface area contributed by atoms with Gasteiger partial charge in [-0.2, -0.15) is 8.42 Å². The summed E-state index contributed by atoms with van der Waals surface area (Å²) in [6, 6.07) is 3.99. The second-order valence-electron chi connectivity index (χ2n) is 7.26. The van der Waals surface area contributed by atoms with Crippen LogP contribution in [-0.4, -0.2) is 18.1 Å². The Balaban J connectivity index is 2.09. The van der Waals surface area contributed by atoms with E-state index >= 15 is 0 Å². The van der Waals surface area contributed by atoms with Gasteiger partial charge >= 0.3 is 0 Å². The maximum absolute atomic E-state index is 11.4. The van der Waals surface area contributed by atoms with Crippen molar-refractivity contribution in [1.29, 1.82) is 0 Å². The van der Waals surface area contributed by atoms with Gasteiger partial charge in [0.2, 0.25) is 0 Å². The maximum Gasteiger partial charge on any atom is 0.294 e. The molecule has 2 N–H and O–H groups in total. The molecule has 4 nitrogen and oxygen atoms in total. The summed E-state index contributed by atoms with van der Waals surface area (Å²) >= 11 is 0. The largest absolute Gasteiger partial charge is 0.508 e. The van der Waals surface area contributed by atoms with Crippen molar-refractivity contribution in [3.05, 3.63) is 23.8 Å². The number of unbranched alkanes of at least 4 members (excludes halogenated alkanes) is 12. The minimum atomic E-state index is -4.23. The lowest BCUT2D eigenvalue weighted by molar-refractivity contribution is 0.470. The van der Waals surface area contributed by atoms with Gasteiger partial charge in [0.05, 0.1) is 4.90 Å². The van der Waals surface area contributed by atoms with Crippen LogP contribution in [0.5, 0.6) is 5.75 Å². The second-order valence-corrected chi connectivity index (χ2v) is 8.65. The zero-order valence-corrected chi connectivity index (χ0v) is 17.1. The SMILES string of the molecule is CCCCCCCCCCCCCCCc1cc(O)ccc1S(=O)(=O)O. The van der Waals surface area contributed by atoms with Gasteiger partial charge in [0, 0.05) is 0 Å². The van der Waals surface area contributed by atoms with E-state index in [1.807, 2.05) is 0 Å². The molecule has 0 amide bonds. The first-order valence-corrected chi connectivity index (χ1v) is 11.7. The third-order valence-electron chi connectivity index (χ3n) is 4.87. The van der Waals surface area contributed by atoms with Crippen LogP contribution in [0.3, 0.4) is 0 Å². The number of phenolic OH excluding ortho intramolecular Hbond substituents is 1. The molecule has 26 heavy (non-hydrogen) atoms. The number of phenols is 1. The highest BCUT2D eigenvalue weighted by Crippen LogP contribution is 2.23. The fraction of sp³-hybridized carbons (Fsp3) is 0.714. The molecule has 5 heteroatoms. The Morgan fingerprint density at radius 2 is 1.23 bits per heavy atom. The molecule has 0 radical (unpaired) electrons. The molecule has 1 aromatic carbocycles. The fourth-order valence-electron chi connectivity index (χ4n) is 3.35. The first kappa shape index (κ1) is 23.0. The summed E-state index contributed by atoms with van der Waals surface area (Å²) in [7, 11) is -4.23. The molecule has 0 atom stereocenters. The average molecular weight is 385 g/mol. The molecular formula is C21H36O4S. The number of hydrogen-bond donors (Lipinski definition) is 2. The van der Waals surface area contributed by atoms with Crippen molar-refractivity contribution < 1.29 is 18.1 Å². The van der Waals surface area contributed by atoms with Gasteiger partial charge in [-0.05, 0) is 36.6 Å². The van der Waals surface area contributed by atoms with Crippen LogP contribution in [0, 0.1) is 0 Å². The van der Waals surface area contributed by atoms with E-state index in [0.29, 0.717) is 12.0 Å². The van der Waals surface area contributed by atoms with Gasteiger partial charge in [0.1, 0.15) is 5.75 Å². The lowest BCUT2D eigenvalue weighted by Crippen LogP contribution is -2.03. The number of hydrogen-bond acceptors (Lipinski definition) is 3. The van der Waals surface area contributed by atoms with Gasteiger partial charge in [-0.1, -0.05) is 84.0 Å². The summed E-state index contributed by atoms with van der Waals surface area (Å²) in [6.45, 7) is 2.25. The minimum absolute atomic E-state index is 0.0297. The van der Waals surface area contributed by atoms with E-state index in [1.165, 1.54) is 82.4 Å². The normalized spacial score (nSPS) is 11.8. The Bertz CT molecular complexity index is 596. The van der Waals surface area contributed by atoms with Crippen LogP contribution in [0.4, 0.5) is 0 Å². The third-order valence-corrected chi connectivity index (χ3v) is 5.83. The van der Waals surface area contributed by atoms with E-state index in [0.717, 1.165) is 19.3 Å². The molecule has 0 heterocycles. The highest BCUT2D eigenvalue weighted by Gasteiger charge is 2.15. The molecule has 0 aromatic heterocycles. The lowest BCUT2D eigenvalue weighted by atomic mass is 10.0. The average Bonchev–Trinajstić information content (AvgIpc) is 2.58. The van der Waals surface area contributed by atoms with Crippen LogP contribution in [0.25, 0.3) is 0 Å². The number of aryl methyl sites for hydroxylation is 1. The molecule has 0 saturated heterocycles. The van der Waals surface area contributed by atoms with E-state index in [2.05, 4.69) is 6.92 Å². The third kappa shape index (κ3) is 10.2. The molecule has 1 aromatic rings. The fourth-order valence-corrected chi connectivity index (χ4v) is 4.08. The van der Waals surface area contributed by atoms with Gasteiger partial charge in [-0.3, -0.25) is 4.55 Å². The van der Waals surface area contributed by atoms with Crippen molar-refractivity contribution in [1.82, 2.24) is 0 Å². The van der Waals surface area contributed by atoms with Gasteiger partial charge < -0.3 is 5.11 Å². The van der Waals surface area contributed by atoms with Crippen molar-refractivity contribution in [2.24, 2.45) is 0 Å². The number of benzene rings is 1. The molecule has 0 aliphatic heterocycles. The molecule has 1 rings (SSSR count). The van der Waals surface area contributed by atoms with Gasteiger partial charge in [0.15, 0.2) is 0 Å². The van der Waals surface area contributed by atoms with Crippen LogP contribution in [0.1, 0.15) is 96.0 Å². The summed E-state index contributed by atoms with van der Waals surface area (Å²) in [6.07, 6.45) is 16.9. The molecular weight excluding hydrogens is 348 g/mol. The monoisotopic (exact) mass is 384 g/mol. The highest BCUT2D eigenvalue weighted by molar-refractivity contribution is 7.85. The molecule has 0 aliphatic rings. The smallest absolute Gasteiger partial charge is 0.294 e. The highest BCUT2D eigenvalue weighted by atomic mass is 32.2. The molecule has 0 fully saturated rings. The van der Waals surface area contributed by atoms with Gasteiger partial charge in [0.25, 0.3) is 10.1 Å². The summed E-state index contributed by atoms with van der Waals surface area (Å²) in [5, 5.41) is 9.53. The van der Waals surface area contributed by atoms with Crippen molar-refractivity contribution in [2.45, 2.75) is 102 Å². The second kappa shape index (κ2) is 13.2. The minimum Gasteiger partial charge on any atom is -0.508 e. The van der Waals surface area contributed by atoms with Crippen LogP contribution in [0.2, 0.25) is 0 Å². The molecule has 0 bridgehead atoms. The quantitative estimate of drug-likeness (QED) is 0.276. The lowest BCUT2D eigenvalue weighted by Gasteiger charge is -2.08. The molecule has 0 saturated carbocycles. The topological polar surface area (TPSA) is 74.6 Å². The van der Waals surface area contributed by atoms with Crippen LogP contribution in [0.15, 0.2) is 23.1 Å². The Morgan fingerprint density at radius 3 is 1.69 bits per heavy atom. The van der Waals surface area contributed by atoms with Crippen molar-refractivity contribution in [2.75, 3.05) is 0 Å². The number of aromatic hydroxyl groups is 1. The molecule has 0 aliphatic carbocycles. The molecule has 0 unspecified atom stereocenters. The molecule has 150 valence electrons. The van der Waals surface area contributed by atoms with Crippen LogP contribution < -0.4 is 0 Å². The van der Waals surface area contributed by atoms with Crippen molar-refractivity contribution >= 4 is 10.1 Å².